The van der Waals surface area contributed by atoms with E-state index in [0.29, 0.717) is 11.8 Å². The molecule has 360 valence electrons. The maximum atomic E-state index is 7.36. The normalized spacial score (nSPS) is 16.6. The maximum absolute atomic E-state index is 7.36. The fourth-order valence-corrected chi connectivity index (χ4v) is 13.3. The van der Waals surface area contributed by atoms with Gasteiger partial charge in [-0.15, -0.1) is 0 Å². The summed E-state index contributed by atoms with van der Waals surface area (Å²) in [7, 11) is 0. The minimum atomic E-state index is -0.101. The van der Waals surface area contributed by atoms with Gasteiger partial charge in [-0.25, -0.2) is 0 Å². The average Bonchev–Trinajstić information content (AvgIpc) is 4.20. The summed E-state index contributed by atoms with van der Waals surface area (Å²) in [5, 5.41) is 6.10. The van der Waals surface area contributed by atoms with E-state index in [1.807, 2.05) is 0 Å². The lowest BCUT2D eigenvalue weighted by Gasteiger charge is -2.26. The van der Waals surface area contributed by atoms with Gasteiger partial charge in [-0.05, 0) is 160 Å². The monoisotopic (exact) mass is 965 g/mol. The van der Waals surface area contributed by atoms with Gasteiger partial charge in [0.15, 0.2) is 5.58 Å². The second-order valence-corrected chi connectivity index (χ2v) is 21.7. The highest BCUT2D eigenvalue weighted by Gasteiger charge is 2.41. The molecule has 3 aliphatic carbocycles. The van der Waals surface area contributed by atoms with Gasteiger partial charge in [0.25, 0.3) is 0 Å². The largest absolute Gasteiger partial charge is 0.453 e. The smallest absolute Gasteiger partial charge is 0.159 e. The molecular weight excluding hydrogens is 911 g/mol. The highest BCUT2D eigenvalue weighted by molar-refractivity contribution is 6.14. The molecular formula is C71H55N3O. The third kappa shape index (κ3) is 6.55. The summed E-state index contributed by atoms with van der Waals surface area (Å²) in [4.78, 5) is 2.39. The molecule has 4 nitrogen and oxygen atoms in total. The molecule has 0 saturated heterocycles. The van der Waals surface area contributed by atoms with Crippen LogP contribution in [0.2, 0.25) is 0 Å². The molecule has 75 heavy (non-hydrogen) atoms. The van der Waals surface area contributed by atoms with Crippen molar-refractivity contribution in [3.8, 4) is 33.6 Å². The topological polar surface area (TPSA) is 26.2 Å². The highest BCUT2D eigenvalue weighted by Crippen LogP contribution is 2.55. The van der Waals surface area contributed by atoms with Crippen molar-refractivity contribution in [1.82, 2.24) is 9.13 Å². The van der Waals surface area contributed by atoms with E-state index in [2.05, 4.69) is 266 Å². The van der Waals surface area contributed by atoms with Gasteiger partial charge in [0.1, 0.15) is 5.58 Å². The van der Waals surface area contributed by atoms with E-state index < -0.39 is 0 Å². The number of para-hydroxylation sites is 4. The van der Waals surface area contributed by atoms with Crippen molar-refractivity contribution in [2.75, 3.05) is 4.90 Å². The third-order valence-corrected chi connectivity index (χ3v) is 17.0. The van der Waals surface area contributed by atoms with Crippen LogP contribution in [0.5, 0.6) is 0 Å². The quantitative estimate of drug-likeness (QED) is 0.159. The van der Waals surface area contributed by atoms with Crippen molar-refractivity contribution in [3.63, 3.8) is 0 Å². The number of benzene rings is 9. The predicted octanol–water partition coefficient (Wildman–Crippen LogP) is 19.6. The number of hydrogen-bond donors (Lipinski definition) is 0. The molecule has 3 aromatic heterocycles. The standard InChI is InChI=1S/C71H55N3O/c1-44-17-14-26-64-66(44)58-43-49(33-41-63(58)74(64)51-20-9-6-10-21-51)47-30-36-53(37-31-47)72(65-27-15-23-55-56-38-39-60-68(70(56)75-69(55)65)67-45(2)16-13-24-59(67)71(60,3)4)52-34-28-46(29-35-52)48-32-40-62-57(42-48)54-22-11-12-25-61(54)73(62)50-18-7-5-8-19-50/h5-15,18-45H,16-17H2,1-4H3. The Hall–Kier alpha value is -8.86. The van der Waals surface area contributed by atoms with Gasteiger partial charge in [0.2, 0.25) is 0 Å². The number of furan rings is 1. The van der Waals surface area contributed by atoms with Gasteiger partial charge >= 0.3 is 0 Å². The first kappa shape index (κ1) is 43.7. The Labute approximate surface area is 437 Å². The minimum Gasteiger partial charge on any atom is -0.453 e. The van der Waals surface area contributed by atoms with Crippen LogP contribution in [0.1, 0.15) is 68.8 Å². The van der Waals surface area contributed by atoms with Crippen molar-refractivity contribution in [2.45, 2.75) is 51.9 Å². The molecule has 3 aliphatic rings. The Balaban J connectivity index is 0.871. The highest BCUT2D eigenvalue weighted by atomic mass is 16.3. The number of fused-ring (bicyclic) bond motifs is 12. The number of allylic oxidation sites excluding steroid dienone is 5. The summed E-state index contributed by atoms with van der Waals surface area (Å²) in [6.45, 7) is 9.48. The maximum Gasteiger partial charge on any atom is 0.159 e. The molecule has 0 aliphatic heterocycles. The fourth-order valence-electron chi connectivity index (χ4n) is 13.3. The molecule has 4 heteroatoms. The summed E-state index contributed by atoms with van der Waals surface area (Å²) in [5.74, 6) is 0.838. The molecule has 0 N–H and O–H groups in total. The van der Waals surface area contributed by atoms with Crippen LogP contribution in [0.25, 0.3) is 99.9 Å². The second-order valence-electron chi connectivity index (χ2n) is 21.7. The molecule has 3 heterocycles. The third-order valence-electron chi connectivity index (χ3n) is 17.0. The summed E-state index contributed by atoms with van der Waals surface area (Å²) >= 11 is 0. The van der Waals surface area contributed by atoms with E-state index in [-0.39, 0.29) is 5.41 Å². The zero-order valence-corrected chi connectivity index (χ0v) is 42.7. The SMILES string of the molecule is CC1CC=CC2=C1c1c(ccc3c1oc1c(N(c4ccc(-c5ccc6c(c5)c5c(n6-c6ccccc6)C=CCC5C)cc4)c4ccc(-c5ccc6c(c5)c5ccccc5n6-c5ccccc5)cc4)cccc13)C2(C)C. The molecule has 2 unspecified atom stereocenters. The zero-order valence-electron chi connectivity index (χ0n) is 42.7. The van der Waals surface area contributed by atoms with Crippen LogP contribution in [-0.2, 0) is 5.41 Å². The van der Waals surface area contributed by atoms with E-state index in [1.54, 1.807) is 0 Å². The van der Waals surface area contributed by atoms with Crippen LogP contribution in [0.4, 0.5) is 17.1 Å². The Morgan fingerprint density at radius 1 is 0.467 bits per heavy atom. The second kappa shape index (κ2) is 16.6. The molecule has 0 fully saturated rings. The summed E-state index contributed by atoms with van der Waals surface area (Å²) in [6.07, 6.45) is 11.5. The Kier molecular flexibility index (Phi) is 9.66. The van der Waals surface area contributed by atoms with E-state index in [1.165, 1.54) is 88.6 Å². The van der Waals surface area contributed by atoms with Crippen LogP contribution < -0.4 is 4.90 Å². The summed E-state index contributed by atoms with van der Waals surface area (Å²) in [5.41, 5.74) is 23.9. The summed E-state index contributed by atoms with van der Waals surface area (Å²) in [6, 6.07) is 73.8. The lowest BCUT2D eigenvalue weighted by Crippen LogP contribution is -2.17. The molecule has 0 radical (unpaired) electrons. The molecule has 0 amide bonds. The number of aromatic nitrogens is 2. The van der Waals surface area contributed by atoms with Gasteiger partial charge < -0.3 is 18.5 Å². The number of anilines is 3. The molecule has 9 aromatic carbocycles. The van der Waals surface area contributed by atoms with Gasteiger partial charge in [-0.3, -0.25) is 0 Å². The number of hydrogen-bond acceptors (Lipinski definition) is 2. The Morgan fingerprint density at radius 2 is 1.03 bits per heavy atom. The van der Waals surface area contributed by atoms with Crippen LogP contribution in [0.15, 0.2) is 228 Å². The first-order valence-electron chi connectivity index (χ1n) is 26.7. The average molecular weight is 966 g/mol. The first-order chi connectivity index (χ1) is 36.8. The van der Waals surface area contributed by atoms with E-state index in [0.717, 1.165) is 63.1 Å². The molecule has 2 atom stereocenters. The first-order valence-corrected chi connectivity index (χ1v) is 26.7. The van der Waals surface area contributed by atoms with Crippen molar-refractivity contribution in [2.24, 2.45) is 5.92 Å². The van der Waals surface area contributed by atoms with Gasteiger partial charge in [0, 0.05) is 66.4 Å². The number of rotatable bonds is 7. The van der Waals surface area contributed by atoms with Gasteiger partial charge in [0.05, 0.1) is 22.2 Å². The van der Waals surface area contributed by atoms with Crippen LogP contribution >= 0.6 is 0 Å². The van der Waals surface area contributed by atoms with Crippen LogP contribution in [-0.4, -0.2) is 9.13 Å². The van der Waals surface area contributed by atoms with Crippen molar-refractivity contribution in [3.05, 3.63) is 246 Å². The fraction of sp³-hybridized carbons (Fsp3) is 0.127. The Bertz CT molecular complexity index is 4390. The number of nitrogens with zero attached hydrogens (tertiary/aromatic N) is 3. The Morgan fingerprint density at radius 3 is 1.73 bits per heavy atom. The molecule has 0 saturated carbocycles. The zero-order chi connectivity index (χ0) is 50.1. The lowest BCUT2D eigenvalue weighted by molar-refractivity contribution is 0.640. The lowest BCUT2D eigenvalue weighted by atomic mass is 9.79. The van der Waals surface area contributed by atoms with Crippen molar-refractivity contribution in [1.29, 1.82) is 0 Å². The molecule has 15 rings (SSSR count). The predicted molar refractivity (Wildman–Crippen MR) is 315 cm³/mol. The van der Waals surface area contributed by atoms with Crippen LogP contribution in [0.3, 0.4) is 0 Å². The van der Waals surface area contributed by atoms with E-state index in [9.17, 15) is 0 Å². The van der Waals surface area contributed by atoms with Gasteiger partial charge in [-0.2, -0.15) is 0 Å². The molecule has 0 bridgehead atoms. The minimum absolute atomic E-state index is 0.101. The van der Waals surface area contributed by atoms with Crippen molar-refractivity contribution < 1.29 is 4.42 Å². The molecule has 12 aromatic rings. The van der Waals surface area contributed by atoms with E-state index in [4.69, 9.17) is 4.42 Å². The van der Waals surface area contributed by atoms with Gasteiger partial charge in [-0.1, -0.05) is 161 Å². The van der Waals surface area contributed by atoms with E-state index >= 15 is 0 Å². The molecule has 0 spiro atoms. The van der Waals surface area contributed by atoms with Crippen molar-refractivity contribution >= 4 is 83.4 Å². The summed E-state index contributed by atoms with van der Waals surface area (Å²) < 4.78 is 12.2. The van der Waals surface area contributed by atoms with Crippen LogP contribution in [0, 0.1) is 5.92 Å².